The van der Waals surface area contributed by atoms with E-state index in [2.05, 4.69) is 5.32 Å². The largest absolute Gasteiger partial charge is 0.350 e. The number of nitro groups is 1. The van der Waals surface area contributed by atoms with Crippen LogP contribution in [0.1, 0.15) is 5.56 Å². The molecule has 0 atom stereocenters. The van der Waals surface area contributed by atoms with Gasteiger partial charge in [-0.3, -0.25) is 10.1 Å². The molecule has 19 heavy (non-hydrogen) atoms. The summed E-state index contributed by atoms with van der Waals surface area (Å²) in [6.45, 7) is 0. The predicted octanol–water partition coefficient (Wildman–Crippen LogP) is 3.35. The van der Waals surface area contributed by atoms with Gasteiger partial charge >= 0.3 is 5.69 Å². The zero-order valence-electron chi connectivity index (χ0n) is 9.63. The van der Waals surface area contributed by atoms with Crippen molar-refractivity contribution in [3.05, 3.63) is 64.0 Å². The van der Waals surface area contributed by atoms with E-state index in [1.54, 1.807) is 24.3 Å². The Bertz CT molecular complexity index is 663. The van der Waals surface area contributed by atoms with E-state index in [-0.39, 0.29) is 5.69 Å². The average Bonchev–Trinajstić information content (AvgIpc) is 2.39. The summed E-state index contributed by atoms with van der Waals surface area (Å²) >= 11 is 0. The molecule has 0 radical (unpaired) electrons. The van der Waals surface area contributed by atoms with Crippen LogP contribution in [0.2, 0.25) is 0 Å². The highest BCUT2D eigenvalue weighted by Gasteiger charge is 2.19. The number of para-hydroxylation sites is 1. The maximum Gasteiger partial charge on any atom is 0.327 e. The third kappa shape index (κ3) is 2.66. The Labute approximate surface area is 108 Å². The van der Waals surface area contributed by atoms with E-state index in [1.165, 1.54) is 12.1 Å². The van der Waals surface area contributed by atoms with Gasteiger partial charge in [-0.1, -0.05) is 6.07 Å². The van der Waals surface area contributed by atoms with Crippen LogP contribution in [-0.4, -0.2) is 4.92 Å². The third-order valence-electron chi connectivity index (χ3n) is 2.46. The van der Waals surface area contributed by atoms with Gasteiger partial charge in [0.2, 0.25) is 5.82 Å². The molecular formula is C13H8FN3O2. The first kappa shape index (κ1) is 12.5. The van der Waals surface area contributed by atoms with E-state index in [0.717, 1.165) is 6.07 Å². The number of hydrogen-bond donors (Lipinski definition) is 1. The molecule has 0 saturated carbocycles. The summed E-state index contributed by atoms with van der Waals surface area (Å²) in [5.74, 6) is -0.899. The first-order valence-electron chi connectivity index (χ1n) is 5.32. The van der Waals surface area contributed by atoms with Crippen molar-refractivity contribution in [2.75, 3.05) is 5.32 Å². The SMILES string of the molecule is N#Cc1ccc(Nc2cccc(F)c2[N+](=O)[O-])cc1. The molecule has 0 spiro atoms. The van der Waals surface area contributed by atoms with Crippen LogP contribution in [-0.2, 0) is 0 Å². The van der Waals surface area contributed by atoms with Gasteiger partial charge in [-0.15, -0.1) is 0 Å². The molecule has 0 aliphatic rings. The van der Waals surface area contributed by atoms with Crippen molar-refractivity contribution in [2.24, 2.45) is 0 Å². The average molecular weight is 257 g/mol. The maximum absolute atomic E-state index is 13.4. The Morgan fingerprint density at radius 3 is 2.47 bits per heavy atom. The molecule has 6 heteroatoms. The van der Waals surface area contributed by atoms with E-state index in [0.29, 0.717) is 11.3 Å². The standard InChI is InChI=1S/C13H8FN3O2/c14-11-2-1-3-12(13(11)17(18)19)16-10-6-4-9(8-15)5-7-10/h1-7,16H. The van der Waals surface area contributed by atoms with Crippen molar-refractivity contribution in [1.82, 2.24) is 0 Å². The van der Waals surface area contributed by atoms with Gasteiger partial charge in [0.25, 0.3) is 0 Å². The Morgan fingerprint density at radius 1 is 1.21 bits per heavy atom. The van der Waals surface area contributed by atoms with Crippen LogP contribution in [0.25, 0.3) is 0 Å². The van der Waals surface area contributed by atoms with Crippen LogP contribution < -0.4 is 5.32 Å². The number of hydrogen-bond acceptors (Lipinski definition) is 4. The van der Waals surface area contributed by atoms with Gasteiger partial charge < -0.3 is 5.32 Å². The molecular weight excluding hydrogens is 249 g/mol. The smallest absolute Gasteiger partial charge is 0.327 e. The highest BCUT2D eigenvalue weighted by molar-refractivity contribution is 5.70. The number of benzene rings is 2. The quantitative estimate of drug-likeness (QED) is 0.675. The maximum atomic E-state index is 13.4. The molecule has 0 amide bonds. The fourth-order valence-corrected chi connectivity index (χ4v) is 1.59. The Hall–Kier alpha value is -2.94. The van der Waals surface area contributed by atoms with Crippen LogP contribution in [0.3, 0.4) is 0 Å². The molecule has 0 saturated heterocycles. The summed E-state index contributed by atoms with van der Waals surface area (Å²) in [7, 11) is 0. The zero-order chi connectivity index (χ0) is 13.8. The third-order valence-corrected chi connectivity index (χ3v) is 2.46. The van der Waals surface area contributed by atoms with E-state index in [1.807, 2.05) is 6.07 Å². The van der Waals surface area contributed by atoms with Crippen LogP contribution in [0.4, 0.5) is 21.5 Å². The molecule has 0 heterocycles. The normalized spacial score (nSPS) is 9.68. The molecule has 5 nitrogen and oxygen atoms in total. The minimum atomic E-state index is -0.899. The number of nitrogens with zero attached hydrogens (tertiary/aromatic N) is 2. The number of rotatable bonds is 3. The fourth-order valence-electron chi connectivity index (χ4n) is 1.59. The van der Waals surface area contributed by atoms with Gasteiger partial charge in [-0.25, -0.2) is 0 Å². The fraction of sp³-hybridized carbons (Fsp3) is 0. The second kappa shape index (κ2) is 5.14. The van der Waals surface area contributed by atoms with E-state index in [4.69, 9.17) is 5.26 Å². The van der Waals surface area contributed by atoms with Crippen LogP contribution in [0.5, 0.6) is 0 Å². The van der Waals surface area contributed by atoms with Gasteiger partial charge in [0.05, 0.1) is 16.6 Å². The molecule has 1 N–H and O–H groups in total. The van der Waals surface area contributed by atoms with Crippen molar-refractivity contribution >= 4 is 17.1 Å². The minimum absolute atomic E-state index is 0.0645. The Morgan fingerprint density at radius 2 is 1.89 bits per heavy atom. The topological polar surface area (TPSA) is 79.0 Å². The lowest BCUT2D eigenvalue weighted by atomic mass is 10.2. The van der Waals surface area contributed by atoms with Gasteiger partial charge in [-0.05, 0) is 36.4 Å². The van der Waals surface area contributed by atoms with E-state index >= 15 is 0 Å². The molecule has 2 rings (SSSR count). The molecule has 2 aromatic rings. The first-order chi connectivity index (χ1) is 9.11. The number of halogens is 1. The number of nitrogens with one attached hydrogen (secondary N) is 1. The predicted molar refractivity (Wildman–Crippen MR) is 67.5 cm³/mol. The summed E-state index contributed by atoms with van der Waals surface area (Å²) in [5.41, 5.74) is 0.466. The Kier molecular flexibility index (Phi) is 3.39. The Balaban J connectivity index is 2.35. The van der Waals surface area contributed by atoms with Crippen molar-refractivity contribution in [1.29, 1.82) is 5.26 Å². The number of nitriles is 1. The highest BCUT2D eigenvalue weighted by Crippen LogP contribution is 2.29. The monoisotopic (exact) mass is 257 g/mol. The highest BCUT2D eigenvalue weighted by atomic mass is 19.1. The summed E-state index contributed by atoms with van der Waals surface area (Å²) < 4.78 is 13.4. The first-order valence-corrected chi connectivity index (χ1v) is 5.32. The lowest BCUT2D eigenvalue weighted by Gasteiger charge is -2.07. The van der Waals surface area contributed by atoms with Crippen LogP contribution >= 0.6 is 0 Å². The van der Waals surface area contributed by atoms with E-state index < -0.39 is 16.4 Å². The van der Waals surface area contributed by atoms with Crippen molar-refractivity contribution < 1.29 is 9.31 Å². The molecule has 0 fully saturated rings. The molecule has 0 aliphatic heterocycles. The molecule has 0 aromatic heterocycles. The van der Waals surface area contributed by atoms with Crippen molar-refractivity contribution in [3.63, 3.8) is 0 Å². The summed E-state index contributed by atoms with van der Waals surface area (Å²) in [5, 5.41) is 22.2. The minimum Gasteiger partial charge on any atom is -0.350 e. The molecule has 0 unspecified atom stereocenters. The zero-order valence-corrected chi connectivity index (χ0v) is 9.63. The van der Waals surface area contributed by atoms with Crippen LogP contribution in [0.15, 0.2) is 42.5 Å². The molecule has 2 aromatic carbocycles. The van der Waals surface area contributed by atoms with Crippen molar-refractivity contribution in [2.45, 2.75) is 0 Å². The van der Waals surface area contributed by atoms with Crippen LogP contribution in [0, 0.1) is 27.3 Å². The van der Waals surface area contributed by atoms with Gasteiger partial charge in [0, 0.05) is 5.69 Å². The summed E-state index contributed by atoms with van der Waals surface area (Å²) in [6.07, 6.45) is 0. The van der Waals surface area contributed by atoms with Crippen molar-refractivity contribution in [3.8, 4) is 6.07 Å². The summed E-state index contributed by atoms with van der Waals surface area (Å²) in [6, 6.07) is 12.1. The lowest BCUT2D eigenvalue weighted by Crippen LogP contribution is -1.99. The van der Waals surface area contributed by atoms with Gasteiger partial charge in [-0.2, -0.15) is 9.65 Å². The van der Waals surface area contributed by atoms with E-state index in [9.17, 15) is 14.5 Å². The molecule has 0 bridgehead atoms. The van der Waals surface area contributed by atoms with Gasteiger partial charge in [0.15, 0.2) is 0 Å². The van der Waals surface area contributed by atoms with Gasteiger partial charge in [0.1, 0.15) is 5.69 Å². The number of anilines is 2. The molecule has 0 aliphatic carbocycles. The second-order valence-corrected chi connectivity index (χ2v) is 3.71. The lowest BCUT2D eigenvalue weighted by molar-refractivity contribution is -0.386. The summed E-state index contributed by atoms with van der Waals surface area (Å²) in [4.78, 5) is 10.0. The number of nitro benzene ring substituents is 1. The second-order valence-electron chi connectivity index (χ2n) is 3.71. The molecule has 94 valence electrons.